The topological polar surface area (TPSA) is 106 Å². The zero-order valence-electron chi connectivity index (χ0n) is 21.5. The molecule has 4 rings (SSSR count). The fourth-order valence-corrected chi connectivity index (χ4v) is 6.02. The maximum atomic E-state index is 13.2. The largest absolute Gasteiger partial charge is 0.461 e. The molecular weight excluding hydrogens is 458 g/mol. The molecule has 0 radical (unpaired) electrons. The molecule has 1 fully saturated rings. The van der Waals surface area contributed by atoms with E-state index in [1.54, 1.807) is 22.6 Å². The van der Waals surface area contributed by atoms with Crippen LogP contribution in [0.1, 0.15) is 68.7 Å². The van der Waals surface area contributed by atoms with Crippen molar-refractivity contribution in [3.05, 3.63) is 47.3 Å². The quantitative estimate of drug-likeness (QED) is 0.371. The summed E-state index contributed by atoms with van der Waals surface area (Å²) in [5.74, 6) is -0.482. The Hall–Kier alpha value is -3.45. The molecule has 0 spiro atoms. The lowest BCUT2D eigenvalue weighted by atomic mass is 9.63. The van der Waals surface area contributed by atoms with Crippen LogP contribution in [0.25, 0.3) is 5.69 Å². The van der Waals surface area contributed by atoms with Crippen molar-refractivity contribution >= 4 is 18.1 Å². The van der Waals surface area contributed by atoms with Crippen molar-refractivity contribution < 1.29 is 19.1 Å². The molecule has 1 aliphatic carbocycles. The Kier molecular flexibility index (Phi) is 7.31. The summed E-state index contributed by atoms with van der Waals surface area (Å²) >= 11 is 0. The molecule has 2 unspecified atom stereocenters. The van der Waals surface area contributed by atoms with Crippen molar-refractivity contribution in [3.63, 3.8) is 0 Å². The summed E-state index contributed by atoms with van der Waals surface area (Å²) in [6, 6.07) is 9.40. The average Bonchev–Trinajstić information content (AvgIpc) is 3.21. The number of hydrogen-bond donors (Lipinski definition) is 1. The summed E-state index contributed by atoms with van der Waals surface area (Å²) in [5.41, 5.74) is 2.60. The second kappa shape index (κ2) is 10.3. The Bertz CT molecular complexity index is 1170. The smallest absolute Gasteiger partial charge is 0.359 e. The minimum absolute atomic E-state index is 0.0172. The van der Waals surface area contributed by atoms with E-state index in [0.717, 1.165) is 36.2 Å². The molecule has 2 atom stereocenters. The van der Waals surface area contributed by atoms with E-state index in [0.29, 0.717) is 19.5 Å². The molecule has 1 aliphatic heterocycles. The molecular formula is C27H35N5O4. The van der Waals surface area contributed by atoms with Crippen molar-refractivity contribution in [2.75, 3.05) is 19.7 Å². The number of benzene rings is 1. The van der Waals surface area contributed by atoms with Gasteiger partial charge >= 0.3 is 12.0 Å². The Balaban J connectivity index is 1.51. The van der Waals surface area contributed by atoms with Crippen LogP contribution in [0.3, 0.4) is 0 Å². The van der Waals surface area contributed by atoms with E-state index in [1.807, 2.05) is 30.3 Å². The van der Waals surface area contributed by atoms with Gasteiger partial charge in [-0.3, -0.25) is 0 Å². The van der Waals surface area contributed by atoms with Crippen LogP contribution in [0, 0.1) is 10.8 Å². The minimum Gasteiger partial charge on any atom is -0.461 e. The van der Waals surface area contributed by atoms with Crippen molar-refractivity contribution in [2.24, 2.45) is 15.8 Å². The predicted molar refractivity (Wildman–Crippen MR) is 135 cm³/mol. The standard InChI is InChI=1S/C27H35N5O4/c1-5-36-24(34)23-21-15-31(12-11-22(21)32(30-23)20-9-7-6-8-10-20)25(35)28-17-27(4)14-19(29-18-33)13-26(2,3)16-27/h6-10,19H,5,11-17H2,1-4H3,(H,28,35). The van der Waals surface area contributed by atoms with Crippen molar-refractivity contribution in [2.45, 2.75) is 66.0 Å². The first kappa shape index (κ1) is 25.6. The van der Waals surface area contributed by atoms with E-state index < -0.39 is 5.97 Å². The van der Waals surface area contributed by atoms with E-state index in [4.69, 9.17) is 4.74 Å². The summed E-state index contributed by atoms with van der Waals surface area (Å²) in [5, 5.41) is 7.70. The summed E-state index contributed by atoms with van der Waals surface area (Å²) in [6.45, 7) is 9.77. The summed E-state index contributed by atoms with van der Waals surface area (Å²) < 4.78 is 7.05. The third-order valence-electron chi connectivity index (χ3n) is 7.14. The minimum atomic E-state index is -0.482. The molecule has 0 saturated heterocycles. The van der Waals surface area contributed by atoms with Gasteiger partial charge in [-0.1, -0.05) is 39.0 Å². The van der Waals surface area contributed by atoms with Gasteiger partial charge in [-0.2, -0.15) is 5.10 Å². The molecule has 36 heavy (non-hydrogen) atoms. The van der Waals surface area contributed by atoms with E-state index in [2.05, 4.69) is 36.2 Å². The second-order valence-electron chi connectivity index (χ2n) is 11.0. The number of isocyanates is 1. The molecule has 1 aromatic carbocycles. The first-order valence-corrected chi connectivity index (χ1v) is 12.6. The SMILES string of the molecule is CCOC(=O)c1nn(-c2ccccc2)c2c1CN(C(=O)NCC1(C)CC(N=C=O)CC(C)(C)C1)CC2. The molecule has 1 N–H and O–H groups in total. The number of esters is 1. The van der Waals surface area contributed by atoms with E-state index in [1.165, 1.54) is 0 Å². The van der Waals surface area contributed by atoms with Gasteiger partial charge in [-0.05, 0) is 49.1 Å². The highest BCUT2D eigenvalue weighted by Crippen LogP contribution is 2.46. The van der Waals surface area contributed by atoms with E-state index in [-0.39, 0.29) is 41.7 Å². The molecule has 192 valence electrons. The lowest BCUT2D eigenvalue weighted by molar-refractivity contribution is 0.0516. The van der Waals surface area contributed by atoms with Gasteiger partial charge < -0.3 is 15.0 Å². The van der Waals surface area contributed by atoms with Crippen LogP contribution in [0.2, 0.25) is 0 Å². The number of nitrogens with one attached hydrogen (secondary N) is 1. The number of urea groups is 1. The van der Waals surface area contributed by atoms with Gasteiger partial charge in [0.25, 0.3) is 0 Å². The van der Waals surface area contributed by atoms with Crippen LogP contribution in [0.5, 0.6) is 0 Å². The zero-order valence-corrected chi connectivity index (χ0v) is 21.5. The van der Waals surface area contributed by atoms with Crippen LogP contribution >= 0.6 is 0 Å². The number of aromatic nitrogens is 2. The highest BCUT2D eigenvalue weighted by atomic mass is 16.5. The van der Waals surface area contributed by atoms with Gasteiger partial charge in [-0.15, -0.1) is 0 Å². The molecule has 9 heteroatoms. The Morgan fingerprint density at radius 2 is 1.97 bits per heavy atom. The molecule has 1 aromatic heterocycles. The summed E-state index contributed by atoms with van der Waals surface area (Å²) in [6.07, 6.45) is 4.77. The van der Waals surface area contributed by atoms with Crippen molar-refractivity contribution in [3.8, 4) is 5.69 Å². The number of aliphatic imine (C=N–C) groups is 1. The zero-order chi connectivity index (χ0) is 25.9. The number of nitrogens with zero attached hydrogens (tertiary/aromatic N) is 4. The van der Waals surface area contributed by atoms with Crippen LogP contribution in [-0.4, -0.2) is 58.5 Å². The molecule has 2 aromatic rings. The number of carbonyl (C=O) groups is 2. The van der Waals surface area contributed by atoms with Gasteiger partial charge in [0, 0.05) is 25.1 Å². The first-order chi connectivity index (χ1) is 17.1. The normalized spacial score (nSPS) is 22.8. The predicted octanol–water partition coefficient (Wildman–Crippen LogP) is 4.04. The van der Waals surface area contributed by atoms with Crippen LogP contribution in [0.15, 0.2) is 35.3 Å². The maximum Gasteiger partial charge on any atom is 0.359 e. The molecule has 1 saturated carbocycles. The van der Waals surface area contributed by atoms with Gasteiger partial charge in [0.1, 0.15) is 0 Å². The van der Waals surface area contributed by atoms with E-state index >= 15 is 0 Å². The maximum absolute atomic E-state index is 13.2. The van der Waals surface area contributed by atoms with E-state index in [9.17, 15) is 14.4 Å². The number of hydrogen-bond acceptors (Lipinski definition) is 6. The number of ether oxygens (including phenoxy) is 1. The highest BCUT2D eigenvalue weighted by molar-refractivity contribution is 5.89. The Labute approximate surface area is 211 Å². The van der Waals surface area contributed by atoms with Gasteiger partial charge in [-0.25, -0.2) is 24.1 Å². The van der Waals surface area contributed by atoms with Gasteiger partial charge in [0.05, 0.1) is 30.6 Å². The molecule has 2 heterocycles. The number of rotatable bonds is 6. The van der Waals surface area contributed by atoms with Crippen LogP contribution in [-0.2, 0) is 22.5 Å². The van der Waals surface area contributed by atoms with Gasteiger partial charge in [0.2, 0.25) is 6.08 Å². The summed E-state index contributed by atoms with van der Waals surface area (Å²) in [4.78, 5) is 42.5. The first-order valence-electron chi connectivity index (χ1n) is 12.6. The third kappa shape index (κ3) is 5.51. The molecule has 9 nitrogen and oxygen atoms in total. The molecule has 2 amide bonds. The number of amides is 2. The van der Waals surface area contributed by atoms with Crippen LogP contribution in [0.4, 0.5) is 4.79 Å². The van der Waals surface area contributed by atoms with Gasteiger partial charge in [0.15, 0.2) is 5.69 Å². The van der Waals surface area contributed by atoms with Crippen molar-refractivity contribution in [1.29, 1.82) is 0 Å². The number of carbonyl (C=O) groups excluding carboxylic acids is 3. The summed E-state index contributed by atoms with van der Waals surface area (Å²) in [7, 11) is 0. The number of para-hydroxylation sites is 1. The fourth-order valence-electron chi connectivity index (χ4n) is 6.02. The third-order valence-corrected chi connectivity index (χ3v) is 7.14. The molecule has 2 aliphatic rings. The lowest BCUT2D eigenvalue weighted by Gasteiger charge is -2.45. The number of fused-ring (bicyclic) bond motifs is 1. The fraction of sp³-hybridized carbons (Fsp3) is 0.556. The van der Waals surface area contributed by atoms with Crippen LogP contribution < -0.4 is 5.32 Å². The average molecular weight is 494 g/mol. The highest BCUT2D eigenvalue weighted by Gasteiger charge is 2.42. The Morgan fingerprint density at radius 1 is 1.22 bits per heavy atom. The second-order valence-corrected chi connectivity index (χ2v) is 11.0. The lowest BCUT2D eigenvalue weighted by Crippen LogP contribution is -2.49. The van der Waals surface area contributed by atoms with Crippen molar-refractivity contribution in [1.82, 2.24) is 20.0 Å². The monoisotopic (exact) mass is 493 g/mol. The Morgan fingerprint density at radius 3 is 2.67 bits per heavy atom. The molecule has 0 bridgehead atoms.